The van der Waals surface area contributed by atoms with E-state index < -0.39 is 10.1 Å². The van der Waals surface area contributed by atoms with Gasteiger partial charge in [-0.05, 0) is 30.2 Å². The lowest BCUT2D eigenvalue weighted by molar-refractivity contribution is 0.483. The Hall–Kier alpha value is -1.11. The predicted octanol–water partition coefficient (Wildman–Crippen LogP) is 1.33. The molecule has 1 aromatic carbocycles. The van der Waals surface area contributed by atoms with Gasteiger partial charge in [0.05, 0.1) is 4.90 Å². The van der Waals surface area contributed by atoms with Crippen LogP contribution in [0.5, 0.6) is 0 Å². The highest BCUT2D eigenvalue weighted by Gasteiger charge is 2.09. The molecule has 0 aliphatic carbocycles. The highest BCUT2D eigenvalue weighted by molar-refractivity contribution is 7.85. The third kappa shape index (κ3) is 4.33. The van der Waals surface area contributed by atoms with Crippen LogP contribution < -0.4 is 11.1 Å². The summed E-state index contributed by atoms with van der Waals surface area (Å²) in [4.78, 5) is -0.115. The molecular weight excluding hydrogens is 240 g/mol. The first kappa shape index (κ1) is 14.0. The average molecular weight is 258 g/mol. The van der Waals surface area contributed by atoms with Crippen molar-refractivity contribution in [3.63, 3.8) is 0 Å². The molecule has 0 aliphatic heterocycles. The molecule has 5 nitrogen and oxygen atoms in total. The molecule has 96 valence electrons. The Bertz CT molecular complexity index is 454. The fraction of sp³-hybridized carbons (Fsp3) is 0.455. The molecule has 1 unspecified atom stereocenters. The summed E-state index contributed by atoms with van der Waals surface area (Å²) in [6.45, 7) is 4.68. The molecule has 0 bridgehead atoms. The van der Waals surface area contributed by atoms with Crippen LogP contribution in [0.15, 0.2) is 29.2 Å². The van der Waals surface area contributed by atoms with E-state index in [1.807, 2.05) is 13.8 Å². The Kier molecular flexibility index (Phi) is 4.50. The summed E-state index contributed by atoms with van der Waals surface area (Å²) in [6.07, 6.45) is 0. The van der Waals surface area contributed by atoms with Gasteiger partial charge in [0, 0.05) is 18.3 Å². The molecule has 17 heavy (non-hydrogen) atoms. The van der Waals surface area contributed by atoms with E-state index in [-0.39, 0.29) is 10.9 Å². The Labute approximate surface area is 102 Å². The molecule has 0 saturated carbocycles. The van der Waals surface area contributed by atoms with Gasteiger partial charge in [-0.15, -0.1) is 0 Å². The Morgan fingerprint density at radius 1 is 1.29 bits per heavy atom. The van der Waals surface area contributed by atoms with Gasteiger partial charge in [0.25, 0.3) is 10.1 Å². The monoisotopic (exact) mass is 258 g/mol. The number of nitrogens with one attached hydrogen (secondary N) is 1. The highest BCUT2D eigenvalue weighted by atomic mass is 32.2. The second kappa shape index (κ2) is 5.48. The number of nitrogens with two attached hydrogens (primary N) is 1. The van der Waals surface area contributed by atoms with Crippen molar-refractivity contribution in [1.29, 1.82) is 0 Å². The summed E-state index contributed by atoms with van der Waals surface area (Å²) in [5.41, 5.74) is 6.64. The van der Waals surface area contributed by atoms with Gasteiger partial charge in [0.1, 0.15) is 0 Å². The minimum absolute atomic E-state index is 0.0382. The van der Waals surface area contributed by atoms with Crippen molar-refractivity contribution in [3.8, 4) is 0 Å². The molecule has 0 heterocycles. The number of benzene rings is 1. The molecule has 1 rings (SSSR count). The maximum atomic E-state index is 10.8. The molecule has 0 radical (unpaired) electrons. The van der Waals surface area contributed by atoms with Gasteiger partial charge in [-0.25, -0.2) is 0 Å². The molecule has 0 aromatic heterocycles. The third-order valence-electron chi connectivity index (χ3n) is 2.55. The fourth-order valence-electron chi connectivity index (χ4n) is 1.22. The first-order valence-electron chi connectivity index (χ1n) is 5.37. The van der Waals surface area contributed by atoms with E-state index in [0.29, 0.717) is 12.5 Å². The number of rotatable bonds is 5. The Morgan fingerprint density at radius 2 is 1.82 bits per heavy atom. The van der Waals surface area contributed by atoms with E-state index >= 15 is 0 Å². The van der Waals surface area contributed by atoms with Crippen LogP contribution in [0.4, 0.5) is 5.69 Å². The lowest BCUT2D eigenvalue weighted by Gasteiger charge is -2.16. The lowest BCUT2D eigenvalue weighted by Crippen LogP contribution is -2.33. The quantitative estimate of drug-likeness (QED) is 0.693. The number of hydrogen-bond donors (Lipinski definition) is 3. The average Bonchev–Trinajstić information content (AvgIpc) is 2.25. The van der Waals surface area contributed by atoms with Crippen molar-refractivity contribution in [2.45, 2.75) is 24.8 Å². The van der Waals surface area contributed by atoms with Crippen LogP contribution in [-0.2, 0) is 10.1 Å². The third-order valence-corrected chi connectivity index (χ3v) is 3.42. The summed E-state index contributed by atoms with van der Waals surface area (Å²) in [5, 5.41) is 3.10. The standard InChI is InChI=1S/C11H18N2O3S/c1-8(2)11(12)7-13-9-3-5-10(6-4-9)17(14,15)16/h3-6,8,11,13H,7,12H2,1-2H3,(H,14,15,16). The lowest BCUT2D eigenvalue weighted by atomic mass is 10.1. The molecule has 6 heteroatoms. The minimum atomic E-state index is -4.12. The van der Waals surface area contributed by atoms with E-state index in [1.165, 1.54) is 12.1 Å². The normalized spacial score (nSPS) is 13.7. The first-order valence-corrected chi connectivity index (χ1v) is 6.81. The zero-order valence-electron chi connectivity index (χ0n) is 9.92. The van der Waals surface area contributed by atoms with Gasteiger partial charge in [-0.1, -0.05) is 13.8 Å². The summed E-state index contributed by atoms with van der Waals surface area (Å²) in [7, 11) is -4.12. The van der Waals surface area contributed by atoms with Gasteiger partial charge < -0.3 is 11.1 Å². The first-order chi connectivity index (χ1) is 7.80. The van der Waals surface area contributed by atoms with E-state index in [1.54, 1.807) is 12.1 Å². The SMILES string of the molecule is CC(C)C(N)CNc1ccc(S(=O)(=O)O)cc1. The van der Waals surface area contributed by atoms with E-state index in [2.05, 4.69) is 5.32 Å². The van der Waals surface area contributed by atoms with Crippen LogP contribution in [-0.4, -0.2) is 25.6 Å². The van der Waals surface area contributed by atoms with Gasteiger partial charge in [0.15, 0.2) is 0 Å². The number of anilines is 1. The topological polar surface area (TPSA) is 92.4 Å². The molecule has 0 fully saturated rings. The van der Waals surface area contributed by atoms with Crippen LogP contribution in [0, 0.1) is 5.92 Å². The second-order valence-electron chi connectivity index (χ2n) is 4.29. The van der Waals surface area contributed by atoms with E-state index in [9.17, 15) is 8.42 Å². The van der Waals surface area contributed by atoms with Crippen molar-refractivity contribution in [2.75, 3.05) is 11.9 Å². The van der Waals surface area contributed by atoms with Gasteiger partial charge in [-0.3, -0.25) is 4.55 Å². The van der Waals surface area contributed by atoms with Crippen LogP contribution in [0.25, 0.3) is 0 Å². The molecule has 0 spiro atoms. The summed E-state index contributed by atoms with van der Waals surface area (Å²) in [6, 6.07) is 5.92. The van der Waals surface area contributed by atoms with Gasteiger partial charge >= 0.3 is 0 Å². The van der Waals surface area contributed by atoms with Gasteiger partial charge in [-0.2, -0.15) is 8.42 Å². The van der Waals surface area contributed by atoms with E-state index in [4.69, 9.17) is 10.3 Å². The van der Waals surface area contributed by atoms with Crippen molar-refractivity contribution in [2.24, 2.45) is 11.7 Å². The van der Waals surface area contributed by atoms with Crippen LogP contribution in [0.3, 0.4) is 0 Å². The minimum Gasteiger partial charge on any atom is -0.383 e. The fourth-order valence-corrected chi connectivity index (χ4v) is 1.70. The van der Waals surface area contributed by atoms with Crippen molar-refractivity contribution in [1.82, 2.24) is 0 Å². The highest BCUT2D eigenvalue weighted by Crippen LogP contribution is 2.13. The maximum absolute atomic E-state index is 10.8. The summed E-state index contributed by atoms with van der Waals surface area (Å²) >= 11 is 0. The molecule has 0 saturated heterocycles. The summed E-state index contributed by atoms with van der Waals surface area (Å²) in [5.74, 6) is 0.375. The zero-order valence-corrected chi connectivity index (χ0v) is 10.7. The van der Waals surface area contributed by atoms with Crippen LogP contribution in [0.1, 0.15) is 13.8 Å². The molecule has 0 aliphatic rings. The largest absolute Gasteiger partial charge is 0.383 e. The molecular formula is C11H18N2O3S. The van der Waals surface area contributed by atoms with Crippen molar-refractivity contribution in [3.05, 3.63) is 24.3 Å². The second-order valence-corrected chi connectivity index (χ2v) is 5.71. The molecule has 4 N–H and O–H groups in total. The Balaban J connectivity index is 2.64. The van der Waals surface area contributed by atoms with Crippen molar-refractivity contribution < 1.29 is 13.0 Å². The summed E-state index contributed by atoms with van der Waals surface area (Å²) < 4.78 is 30.4. The number of hydrogen-bond acceptors (Lipinski definition) is 4. The molecule has 1 aromatic rings. The molecule has 1 atom stereocenters. The smallest absolute Gasteiger partial charge is 0.294 e. The zero-order chi connectivity index (χ0) is 13.1. The van der Waals surface area contributed by atoms with Crippen LogP contribution in [0.2, 0.25) is 0 Å². The van der Waals surface area contributed by atoms with Crippen LogP contribution >= 0.6 is 0 Å². The predicted molar refractivity (Wildman–Crippen MR) is 67.6 cm³/mol. The molecule has 0 amide bonds. The van der Waals surface area contributed by atoms with E-state index in [0.717, 1.165) is 5.69 Å². The van der Waals surface area contributed by atoms with Gasteiger partial charge in [0.2, 0.25) is 0 Å². The Morgan fingerprint density at radius 3 is 2.24 bits per heavy atom. The van der Waals surface area contributed by atoms with Crippen molar-refractivity contribution >= 4 is 15.8 Å². The maximum Gasteiger partial charge on any atom is 0.294 e.